The van der Waals surface area contributed by atoms with Crippen LogP contribution in [0.25, 0.3) is 6.08 Å². The lowest BCUT2D eigenvalue weighted by molar-refractivity contribution is -0.121. The van der Waals surface area contributed by atoms with E-state index >= 15 is 0 Å². The maximum Gasteiger partial charge on any atom is 0.276 e. The predicted octanol–water partition coefficient (Wildman–Crippen LogP) is 2.73. The molecule has 0 aromatic heterocycles. The van der Waals surface area contributed by atoms with Gasteiger partial charge in [0.2, 0.25) is 0 Å². The fourth-order valence-corrected chi connectivity index (χ4v) is 2.40. The van der Waals surface area contributed by atoms with Crippen LogP contribution in [0.4, 0.5) is 0 Å². The molecule has 1 amide bonds. The Hall–Kier alpha value is -1.30. The van der Waals surface area contributed by atoms with Gasteiger partial charge in [-0.3, -0.25) is 9.69 Å². The molecule has 1 saturated heterocycles. The highest BCUT2D eigenvalue weighted by Gasteiger charge is 2.32. The topological polar surface area (TPSA) is 43.8 Å². The molecule has 0 spiro atoms. The Morgan fingerprint density at radius 1 is 1.21 bits per heavy atom. The monoisotopic (exact) mass is 316 g/mol. The lowest BCUT2D eigenvalue weighted by atomic mass is 10.1. The summed E-state index contributed by atoms with van der Waals surface area (Å²) in [5, 5.41) is 10.2. The van der Waals surface area contributed by atoms with E-state index in [-0.39, 0.29) is 21.7 Å². The molecule has 1 aliphatic rings. The highest BCUT2D eigenvalue weighted by atomic mass is 35.5. The minimum absolute atomic E-state index is 0.128. The fourth-order valence-electron chi connectivity index (χ4n) is 1.72. The first-order chi connectivity index (χ1) is 8.82. The number of halogens is 2. The molecule has 4 nitrogen and oxygen atoms in total. The Bertz CT molecular complexity index is 593. The molecule has 0 atom stereocenters. The Balaban J connectivity index is 2.47. The van der Waals surface area contributed by atoms with Gasteiger partial charge in [0, 0.05) is 14.1 Å². The molecule has 100 valence electrons. The zero-order valence-electron chi connectivity index (χ0n) is 10.1. The molecule has 0 radical (unpaired) electrons. The maximum absolute atomic E-state index is 12.0. The molecule has 1 aromatic carbocycles. The highest BCUT2D eigenvalue weighted by molar-refractivity contribution is 7.80. The van der Waals surface area contributed by atoms with E-state index in [2.05, 4.69) is 0 Å². The number of phenols is 1. The van der Waals surface area contributed by atoms with E-state index in [1.165, 1.54) is 17.0 Å². The van der Waals surface area contributed by atoms with E-state index in [0.717, 1.165) is 0 Å². The van der Waals surface area contributed by atoms with Crippen molar-refractivity contribution in [3.05, 3.63) is 33.4 Å². The molecule has 0 saturated carbocycles. The molecule has 1 fully saturated rings. The average molecular weight is 317 g/mol. The molecule has 1 N–H and O–H groups in total. The molecule has 1 aromatic rings. The van der Waals surface area contributed by atoms with E-state index in [0.29, 0.717) is 16.4 Å². The van der Waals surface area contributed by atoms with Gasteiger partial charge in [-0.1, -0.05) is 23.2 Å². The number of carbonyl (C=O) groups excluding carboxylic acids is 1. The van der Waals surface area contributed by atoms with Gasteiger partial charge in [0.05, 0.1) is 10.0 Å². The molecule has 1 aliphatic heterocycles. The zero-order valence-corrected chi connectivity index (χ0v) is 12.5. The number of benzene rings is 1. The number of hydrogen-bond acceptors (Lipinski definition) is 3. The molecule has 0 aliphatic carbocycles. The smallest absolute Gasteiger partial charge is 0.276 e. The minimum Gasteiger partial charge on any atom is -0.505 e. The van der Waals surface area contributed by atoms with Crippen molar-refractivity contribution in [2.24, 2.45) is 0 Å². The molecule has 0 bridgehead atoms. The third-order valence-electron chi connectivity index (χ3n) is 2.80. The first kappa shape index (κ1) is 14.1. The maximum atomic E-state index is 12.0. The second kappa shape index (κ2) is 5.00. The van der Waals surface area contributed by atoms with Crippen LogP contribution in [0, 0.1) is 0 Å². The van der Waals surface area contributed by atoms with Crippen molar-refractivity contribution in [1.82, 2.24) is 9.80 Å². The second-order valence-electron chi connectivity index (χ2n) is 4.07. The summed E-state index contributed by atoms with van der Waals surface area (Å²) in [4.78, 5) is 15.0. The van der Waals surface area contributed by atoms with Crippen molar-refractivity contribution in [3.63, 3.8) is 0 Å². The summed E-state index contributed by atoms with van der Waals surface area (Å²) in [5.41, 5.74) is 1.03. The summed E-state index contributed by atoms with van der Waals surface area (Å²) in [7, 11) is 3.32. The van der Waals surface area contributed by atoms with Gasteiger partial charge in [-0.2, -0.15) is 0 Å². The summed E-state index contributed by atoms with van der Waals surface area (Å²) in [6.07, 6.45) is 1.62. The standard InChI is InChI=1S/C12H10Cl2N2O2S/c1-15-9(11(18)16(2)12(15)19)5-6-3-7(13)10(17)8(14)4-6/h3-5,17H,1-2H3/b9-5+. The molecule has 0 unspecified atom stereocenters. The van der Waals surface area contributed by atoms with Gasteiger partial charge in [-0.05, 0) is 36.0 Å². The van der Waals surface area contributed by atoms with Crippen molar-refractivity contribution in [3.8, 4) is 5.75 Å². The van der Waals surface area contributed by atoms with Gasteiger partial charge < -0.3 is 10.0 Å². The van der Waals surface area contributed by atoms with Crippen molar-refractivity contribution < 1.29 is 9.90 Å². The van der Waals surface area contributed by atoms with Gasteiger partial charge in [0.25, 0.3) is 5.91 Å². The number of thiocarbonyl (C=S) groups is 1. The van der Waals surface area contributed by atoms with Gasteiger partial charge in [0.1, 0.15) is 5.70 Å². The van der Waals surface area contributed by atoms with Crippen LogP contribution in [-0.4, -0.2) is 40.0 Å². The van der Waals surface area contributed by atoms with E-state index in [4.69, 9.17) is 35.4 Å². The van der Waals surface area contributed by atoms with Crippen molar-refractivity contribution >= 4 is 52.5 Å². The Morgan fingerprint density at radius 3 is 2.16 bits per heavy atom. The fraction of sp³-hybridized carbons (Fsp3) is 0.167. The van der Waals surface area contributed by atoms with Crippen LogP contribution in [0.5, 0.6) is 5.75 Å². The summed E-state index contributed by atoms with van der Waals surface area (Å²) in [6.45, 7) is 0. The average Bonchev–Trinajstić information content (AvgIpc) is 2.54. The zero-order chi connectivity index (χ0) is 14.3. The van der Waals surface area contributed by atoms with Crippen LogP contribution >= 0.6 is 35.4 Å². The van der Waals surface area contributed by atoms with Crippen LogP contribution in [0.1, 0.15) is 5.56 Å². The van der Waals surface area contributed by atoms with Gasteiger partial charge in [-0.15, -0.1) is 0 Å². The van der Waals surface area contributed by atoms with Crippen LogP contribution in [0.3, 0.4) is 0 Å². The van der Waals surface area contributed by atoms with E-state index < -0.39 is 0 Å². The molecular weight excluding hydrogens is 307 g/mol. The van der Waals surface area contributed by atoms with E-state index in [1.54, 1.807) is 25.1 Å². The van der Waals surface area contributed by atoms with E-state index in [1.807, 2.05) is 0 Å². The number of phenolic OH excluding ortho intramolecular Hbond substituents is 1. The number of aromatic hydroxyl groups is 1. The number of amides is 1. The molecule has 7 heteroatoms. The van der Waals surface area contributed by atoms with Crippen LogP contribution < -0.4 is 0 Å². The molecule has 2 rings (SSSR count). The number of nitrogens with zero attached hydrogens (tertiary/aromatic N) is 2. The lowest BCUT2D eigenvalue weighted by Gasteiger charge is -2.11. The highest BCUT2D eigenvalue weighted by Crippen LogP contribution is 2.34. The summed E-state index contributed by atoms with van der Waals surface area (Å²) >= 11 is 16.8. The summed E-state index contributed by atoms with van der Waals surface area (Å²) in [5.74, 6) is -0.378. The third kappa shape index (κ3) is 2.41. The summed E-state index contributed by atoms with van der Waals surface area (Å²) < 4.78 is 0. The molecule has 1 heterocycles. The number of likely N-dealkylation sites (N-methyl/N-ethyl adjacent to an activating group) is 2. The number of rotatable bonds is 1. The Kier molecular flexibility index (Phi) is 3.71. The van der Waals surface area contributed by atoms with Crippen molar-refractivity contribution in [2.45, 2.75) is 0 Å². The first-order valence-electron chi connectivity index (χ1n) is 5.28. The predicted molar refractivity (Wildman–Crippen MR) is 79.2 cm³/mol. The summed E-state index contributed by atoms with van der Waals surface area (Å²) in [6, 6.07) is 3.05. The van der Waals surface area contributed by atoms with Crippen molar-refractivity contribution in [1.29, 1.82) is 0 Å². The Morgan fingerprint density at radius 2 is 1.74 bits per heavy atom. The number of hydrogen-bond donors (Lipinski definition) is 1. The van der Waals surface area contributed by atoms with Crippen LogP contribution in [0.15, 0.2) is 17.8 Å². The Labute approximate surface area is 125 Å². The van der Waals surface area contributed by atoms with Crippen LogP contribution in [0.2, 0.25) is 10.0 Å². The van der Waals surface area contributed by atoms with Crippen molar-refractivity contribution in [2.75, 3.05) is 14.1 Å². The number of carbonyl (C=O) groups is 1. The quantitative estimate of drug-likeness (QED) is 0.639. The first-order valence-corrected chi connectivity index (χ1v) is 6.44. The second-order valence-corrected chi connectivity index (χ2v) is 5.25. The SMILES string of the molecule is CN1C(=O)/C(=C\c2cc(Cl)c(O)c(Cl)c2)N(C)C1=S. The minimum atomic E-state index is -0.201. The van der Waals surface area contributed by atoms with Gasteiger partial charge in [-0.25, -0.2) is 0 Å². The van der Waals surface area contributed by atoms with Gasteiger partial charge >= 0.3 is 0 Å². The normalized spacial score (nSPS) is 17.8. The van der Waals surface area contributed by atoms with Crippen LogP contribution in [-0.2, 0) is 4.79 Å². The largest absolute Gasteiger partial charge is 0.505 e. The van der Waals surface area contributed by atoms with E-state index in [9.17, 15) is 9.90 Å². The lowest BCUT2D eigenvalue weighted by Crippen LogP contribution is -2.26. The van der Waals surface area contributed by atoms with Gasteiger partial charge in [0.15, 0.2) is 10.9 Å². The molecule has 19 heavy (non-hydrogen) atoms. The molecular formula is C12H10Cl2N2O2S. The third-order valence-corrected chi connectivity index (χ3v) is 3.93.